The molecular weight excluding hydrogens is 178 g/mol. The Morgan fingerprint density at radius 2 is 2.14 bits per heavy atom. The molecule has 0 amide bonds. The van der Waals surface area contributed by atoms with Crippen LogP contribution in [0.3, 0.4) is 0 Å². The lowest BCUT2D eigenvalue weighted by molar-refractivity contribution is -0.153. The first kappa shape index (κ1) is 11.2. The molecule has 0 radical (unpaired) electrons. The van der Waals surface area contributed by atoms with Gasteiger partial charge in [0.2, 0.25) is 0 Å². The molecule has 1 aliphatic carbocycles. The van der Waals surface area contributed by atoms with Gasteiger partial charge in [-0.05, 0) is 19.3 Å². The fourth-order valence-electron chi connectivity index (χ4n) is 1.64. The van der Waals surface area contributed by atoms with Crippen molar-refractivity contribution in [1.82, 2.24) is 5.48 Å². The predicted molar refractivity (Wildman–Crippen MR) is 55.5 cm³/mol. The minimum atomic E-state index is -0.185. The van der Waals surface area contributed by atoms with Crippen molar-refractivity contribution in [1.29, 1.82) is 0 Å². The molecule has 0 atom stereocenters. The molecule has 1 N–H and O–H groups in total. The van der Waals surface area contributed by atoms with E-state index in [9.17, 15) is 4.79 Å². The van der Waals surface area contributed by atoms with Crippen LogP contribution in [0.4, 0.5) is 0 Å². The van der Waals surface area contributed by atoms with E-state index < -0.39 is 0 Å². The van der Waals surface area contributed by atoms with E-state index in [0.29, 0.717) is 18.9 Å². The van der Waals surface area contributed by atoms with Crippen molar-refractivity contribution in [2.24, 2.45) is 0 Å². The van der Waals surface area contributed by atoms with E-state index >= 15 is 0 Å². The summed E-state index contributed by atoms with van der Waals surface area (Å²) >= 11 is 0. The summed E-state index contributed by atoms with van der Waals surface area (Å²) in [5.41, 5.74) is 2.85. The molecule has 3 heteroatoms. The van der Waals surface area contributed by atoms with E-state index in [1.807, 2.05) is 0 Å². The van der Waals surface area contributed by atoms with Crippen molar-refractivity contribution >= 4 is 5.97 Å². The summed E-state index contributed by atoms with van der Waals surface area (Å²) in [7, 11) is 0. The van der Waals surface area contributed by atoms with Crippen LogP contribution >= 0.6 is 0 Å². The molecule has 0 aromatic heterocycles. The van der Waals surface area contributed by atoms with Gasteiger partial charge >= 0.3 is 5.97 Å². The monoisotopic (exact) mass is 197 g/mol. The molecule has 1 saturated carbocycles. The molecule has 1 rings (SSSR count). The van der Waals surface area contributed by atoms with E-state index in [1.54, 1.807) is 6.08 Å². The lowest BCUT2D eigenvalue weighted by atomic mass is 9.96. The third kappa shape index (κ3) is 4.42. The van der Waals surface area contributed by atoms with Gasteiger partial charge in [0.05, 0.1) is 6.42 Å². The van der Waals surface area contributed by atoms with Crippen LogP contribution in [0.2, 0.25) is 0 Å². The highest BCUT2D eigenvalue weighted by atomic mass is 16.7. The van der Waals surface area contributed by atoms with Crippen LogP contribution < -0.4 is 5.48 Å². The molecule has 1 fully saturated rings. The second-order valence-electron chi connectivity index (χ2n) is 3.75. The van der Waals surface area contributed by atoms with Crippen molar-refractivity contribution < 1.29 is 9.63 Å². The van der Waals surface area contributed by atoms with Crippen LogP contribution in [0.25, 0.3) is 0 Å². The van der Waals surface area contributed by atoms with Gasteiger partial charge in [0.1, 0.15) is 0 Å². The van der Waals surface area contributed by atoms with E-state index in [1.165, 1.54) is 19.3 Å². The van der Waals surface area contributed by atoms with Crippen molar-refractivity contribution in [3.05, 3.63) is 12.7 Å². The molecule has 0 spiro atoms. The molecule has 0 aliphatic heterocycles. The topological polar surface area (TPSA) is 38.3 Å². The Kier molecular flexibility index (Phi) is 5.30. The van der Waals surface area contributed by atoms with Gasteiger partial charge in [-0.2, -0.15) is 5.48 Å². The van der Waals surface area contributed by atoms with Crippen LogP contribution in [-0.4, -0.2) is 12.0 Å². The van der Waals surface area contributed by atoms with Crippen molar-refractivity contribution in [2.45, 2.75) is 51.0 Å². The molecule has 0 unspecified atom stereocenters. The van der Waals surface area contributed by atoms with Gasteiger partial charge in [-0.15, -0.1) is 6.58 Å². The number of hydroxylamine groups is 1. The van der Waals surface area contributed by atoms with Crippen LogP contribution in [0.15, 0.2) is 12.7 Å². The van der Waals surface area contributed by atoms with Gasteiger partial charge in [-0.3, -0.25) is 4.79 Å². The van der Waals surface area contributed by atoms with E-state index in [2.05, 4.69) is 12.1 Å². The highest BCUT2D eigenvalue weighted by Crippen LogP contribution is 2.17. The molecule has 1 aliphatic rings. The highest BCUT2D eigenvalue weighted by molar-refractivity contribution is 5.69. The third-order valence-electron chi connectivity index (χ3n) is 2.50. The molecule has 0 saturated heterocycles. The normalized spacial score (nSPS) is 17.7. The van der Waals surface area contributed by atoms with Crippen LogP contribution in [0.1, 0.15) is 44.9 Å². The number of hydrogen-bond acceptors (Lipinski definition) is 3. The zero-order valence-corrected chi connectivity index (χ0v) is 8.63. The van der Waals surface area contributed by atoms with E-state index in [0.717, 1.165) is 12.8 Å². The molecular formula is C11H19NO2. The Balaban J connectivity index is 2.06. The Hall–Kier alpha value is -0.830. The van der Waals surface area contributed by atoms with Gasteiger partial charge in [0.15, 0.2) is 0 Å². The van der Waals surface area contributed by atoms with Crippen molar-refractivity contribution in [3.63, 3.8) is 0 Å². The number of hydrogen-bond donors (Lipinski definition) is 1. The van der Waals surface area contributed by atoms with Crippen molar-refractivity contribution in [2.75, 3.05) is 0 Å². The molecule has 80 valence electrons. The Bertz CT molecular complexity index is 186. The fraction of sp³-hybridized carbons (Fsp3) is 0.727. The summed E-state index contributed by atoms with van der Waals surface area (Å²) in [6.45, 7) is 3.55. The first-order valence-corrected chi connectivity index (χ1v) is 5.39. The smallest absolute Gasteiger partial charge is 0.325 e. The highest BCUT2D eigenvalue weighted by Gasteiger charge is 2.14. The maximum absolute atomic E-state index is 11.1. The summed E-state index contributed by atoms with van der Waals surface area (Å²) in [4.78, 5) is 16.1. The van der Waals surface area contributed by atoms with Gasteiger partial charge in [0, 0.05) is 6.04 Å². The second-order valence-corrected chi connectivity index (χ2v) is 3.75. The van der Waals surface area contributed by atoms with E-state index in [-0.39, 0.29) is 5.97 Å². The lowest BCUT2D eigenvalue weighted by Crippen LogP contribution is -2.33. The zero-order chi connectivity index (χ0) is 10.2. The standard InChI is InChI=1S/C11H19NO2/c1-2-3-9-11(13)14-12-10-7-5-4-6-8-10/h2,10,12H,1,3-9H2. The van der Waals surface area contributed by atoms with Gasteiger partial charge < -0.3 is 4.84 Å². The second kappa shape index (κ2) is 6.60. The molecule has 0 heterocycles. The molecule has 0 aromatic carbocycles. The third-order valence-corrected chi connectivity index (χ3v) is 2.50. The predicted octanol–water partition coefficient (Wildman–Crippen LogP) is 2.33. The lowest BCUT2D eigenvalue weighted by Gasteiger charge is -2.21. The largest absolute Gasteiger partial charge is 0.370 e. The SMILES string of the molecule is C=CCCC(=O)ONC1CCCCC1. The average Bonchev–Trinajstić information content (AvgIpc) is 2.25. The number of nitrogens with one attached hydrogen (secondary N) is 1. The van der Waals surface area contributed by atoms with E-state index in [4.69, 9.17) is 4.84 Å². The van der Waals surface area contributed by atoms with Crippen molar-refractivity contribution in [3.8, 4) is 0 Å². The Labute approximate surface area is 85.5 Å². The first-order valence-electron chi connectivity index (χ1n) is 5.39. The Morgan fingerprint density at radius 3 is 2.79 bits per heavy atom. The van der Waals surface area contributed by atoms with Crippen LogP contribution in [-0.2, 0) is 9.63 Å². The molecule has 0 bridgehead atoms. The van der Waals surface area contributed by atoms with Gasteiger partial charge in [-0.1, -0.05) is 25.3 Å². The minimum Gasteiger partial charge on any atom is -0.370 e. The van der Waals surface area contributed by atoms with Crippen LogP contribution in [0, 0.1) is 0 Å². The maximum atomic E-state index is 11.1. The molecule has 14 heavy (non-hydrogen) atoms. The number of allylic oxidation sites excluding steroid dienone is 1. The Morgan fingerprint density at radius 1 is 1.43 bits per heavy atom. The first-order chi connectivity index (χ1) is 6.83. The van der Waals surface area contributed by atoms with Gasteiger partial charge in [0.25, 0.3) is 0 Å². The minimum absolute atomic E-state index is 0.185. The number of rotatable bonds is 5. The summed E-state index contributed by atoms with van der Waals surface area (Å²) in [6.07, 6.45) is 8.85. The fourth-order valence-corrected chi connectivity index (χ4v) is 1.64. The number of carbonyl (C=O) groups is 1. The molecule has 3 nitrogen and oxygen atoms in total. The average molecular weight is 197 g/mol. The van der Waals surface area contributed by atoms with Crippen LogP contribution in [0.5, 0.6) is 0 Å². The molecule has 0 aromatic rings. The summed E-state index contributed by atoms with van der Waals surface area (Å²) in [5.74, 6) is -0.185. The number of carbonyl (C=O) groups excluding carboxylic acids is 1. The summed E-state index contributed by atoms with van der Waals surface area (Å²) in [6, 6.07) is 0.372. The quantitative estimate of drug-likeness (QED) is 0.543. The zero-order valence-electron chi connectivity index (χ0n) is 8.63. The summed E-state index contributed by atoms with van der Waals surface area (Å²) in [5, 5.41) is 0. The van der Waals surface area contributed by atoms with Gasteiger partial charge in [-0.25, -0.2) is 0 Å². The maximum Gasteiger partial charge on any atom is 0.325 e. The summed E-state index contributed by atoms with van der Waals surface area (Å²) < 4.78 is 0.